The molecule has 3 rings (SSSR count). The average Bonchev–Trinajstić information content (AvgIpc) is 3.35. The Balaban J connectivity index is 1.64. The smallest absolute Gasteiger partial charge is 0.191 e. The lowest BCUT2D eigenvalue weighted by Gasteiger charge is -2.15. The van der Waals surface area contributed by atoms with Crippen LogP contribution in [0.25, 0.3) is 0 Å². The van der Waals surface area contributed by atoms with Gasteiger partial charge in [-0.25, -0.2) is 4.99 Å². The van der Waals surface area contributed by atoms with Crippen LogP contribution in [0.15, 0.2) is 29.5 Å². The summed E-state index contributed by atoms with van der Waals surface area (Å²) < 4.78 is 13.4. The van der Waals surface area contributed by atoms with E-state index in [9.17, 15) is 0 Å². The Kier molecular flexibility index (Phi) is 7.25. The van der Waals surface area contributed by atoms with Crippen molar-refractivity contribution in [2.24, 2.45) is 18.0 Å². The van der Waals surface area contributed by atoms with Crippen molar-refractivity contribution in [3.8, 4) is 5.75 Å². The molecule has 8 nitrogen and oxygen atoms in total. The van der Waals surface area contributed by atoms with Crippen molar-refractivity contribution in [1.82, 2.24) is 25.4 Å². The highest BCUT2D eigenvalue weighted by Gasteiger charge is 2.17. The van der Waals surface area contributed by atoms with Gasteiger partial charge in [-0.05, 0) is 31.9 Å². The summed E-state index contributed by atoms with van der Waals surface area (Å²) in [5.41, 5.74) is 2.25. The molecule has 8 heteroatoms. The molecule has 1 saturated heterocycles. The molecule has 2 heterocycles. The molecule has 0 radical (unpaired) electrons. The zero-order valence-electron chi connectivity index (χ0n) is 16.9. The van der Waals surface area contributed by atoms with Crippen LogP contribution in [-0.4, -0.2) is 47.1 Å². The number of aromatic nitrogens is 3. The summed E-state index contributed by atoms with van der Waals surface area (Å²) in [4.78, 5) is 4.72. The van der Waals surface area contributed by atoms with Crippen LogP contribution < -0.4 is 15.4 Å². The molecule has 0 aliphatic carbocycles. The number of hydrogen-bond acceptors (Lipinski definition) is 5. The molecular formula is C20H30N6O2. The third-order valence-corrected chi connectivity index (χ3v) is 4.69. The van der Waals surface area contributed by atoms with E-state index in [4.69, 9.17) is 14.5 Å². The standard InChI is InChI=1S/C20H30N6O2/c1-4-21-20(23-11-19-25-24-14-26(19)3)22-10-17-6-5-15(2)9-18(17)28-13-16-7-8-27-12-16/h5-6,9,14,16H,4,7-8,10-13H2,1-3H3,(H2,21,22,23). The van der Waals surface area contributed by atoms with Crippen molar-refractivity contribution in [2.75, 3.05) is 26.4 Å². The van der Waals surface area contributed by atoms with Gasteiger partial charge >= 0.3 is 0 Å². The molecule has 1 unspecified atom stereocenters. The number of nitrogens with zero attached hydrogens (tertiary/aromatic N) is 4. The van der Waals surface area contributed by atoms with Crippen LogP contribution in [0.3, 0.4) is 0 Å². The van der Waals surface area contributed by atoms with E-state index in [0.717, 1.165) is 49.3 Å². The minimum Gasteiger partial charge on any atom is -0.493 e. The van der Waals surface area contributed by atoms with Gasteiger partial charge in [0.05, 0.1) is 26.3 Å². The molecule has 1 aliphatic heterocycles. The molecule has 0 bridgehead atoms. The minimum absolute atomic E-state index is 0.474. The molecule has 1 aromatic heterocycles. The van der Waals surface area contributed by atoms with Gasteiger partial charge in [0.1, 0.15) is 12.1 Å². The maximum atomic E-state index is 6.12. The molecule has 152 valence electrons. The van der Waals surface area contributed by atoms with E-state index in [2.05, 4.69) is 46.0 Å². The van der Waals surface area contributed by atoms with Gasteiger partial charge < -0.3 is 24.7 Å². The molecule has 0 saturated carbocycles. The molecule has 1 aromatic carbocycles. The summed E-state index contributed by atoms with van der Waals surface area (Å²) >= 11 is 0. The van der Waals surface area contributed by atoms with E-state index in [0.29, 0.717) is 25.6 Å². The summed E-state index contributed by atoms with van der Waals surface area (Å²) in [7, 11) is 1.92. The molecule has 0 amide bonds. The maximum Gasteiger partial charge on any atom is 0.191 e. The zero-order valence-corrected chi connectivity index (χ0v) is 16.9. The Morgan fingerprint density at radius 2 is 2.29 bits per heavy atom. The Morgan fingerprint density at radius 3 is 3.00 bits per heavy atom. The summed E-state index contributed by atoms with van der Waals surface area (Å²) in [5.74, 6) is 2.96. The second kappa shape index (κ2) is 10.1. The van der Waals surface area contributed by atoms with Crippen molar-refractivity contribution in [2.45, 2.75) is 33.4 Å². The number of benzene rings is 1. The lowest BCUT2D eigenvalue weighted by molar-refractivity contribution is 0.166. The van der Waals surface area contributed by atoms with Crippen LogP contribution in [-0.2, 0) is 24.9 Å². The predicted molar refractivity (Wildman–Crippen MR) is 108 cm³/mol. The largest absolute Gasteiger partial charge is 0.493 e. The van der Waals surface area contributed by atoms with Crippen LogP contribution in [0.1, 0.15) is 30.3 Å². The lowest BCUT2D eigenvalue weighted by atomic mass is 10.1. The van der Waals surface area contributed by atoms with Gasteiger partial charge in [-0.1, -0.05) is 12.1 Å². The SMILES string of the molecule is CCNC(=NCc1ccc(C)cc1OCC1CCOC1)NCc1nncn1C. The quantitative estimate of drug-likeness (QED) is 0.531. The number of hydrogen-bond donors (Lipinski definition) is 2. The molecule has 1 aliphatic rings. The number of aryl methyl sites for hydroxylation is 2. The first kappa shape index (κ1) is 20.1. The van der Waals surface area contributed by atoms with E-state index >= 15 is 0 Å². The van der Waals surface area contributed by atoms with Crippen LogP contribution in [0, 0.1) is 12.8 Å². The van der Waals surface area contributed by atoms with Gasteiger partial charge in [-0.3, -0.25) is 0 Å². The topological polar surface area (TPSA) is 85.6 Å². The van der Waals surface area contributed by atoms with E-state index < -0.39 is 0 Å². The first-order valence-corrected chi connectivity index (χ1v) is 9.80. The zero-order chi connectivity index (χ0) is 19.8. The first-order valence-electron chi connectivity index (χ1n) is 9.80. The lowest BCUT2D eigenvalue weighted by Crippen LogP contribution is -2.37. The number of rotatable bonds is 8. The first-order chi connectivity index (χ1) is 13.7. The number of aliphatic imine (C=N–C) groups is 1. The van der Waals surface area contributed by atoms with Gasteiger partial charge in [0.25, 0.3) is 0 Å². The van der Waals surface area contributed by atoms with E-state index in [-0.39, 0.29) is 0 Å². The molecule has 2 aromatic rings. The van der Waals surface area contributed by atoms with Crippen molar-refractivity contribution < 1.29 is 9.47 Å². The number of guanidine groups is 1. The molecule has 2 N–H and O–H groups in total. The van der Waals surface area contributed by atoms with Gasteiger partial charge in [0, 0.05) is 31.7 Å². The van der Waals surface area contributed by atoms with Crippen molar-refractivity contribution in [1.29, 1.82) is 0 Å². The summed E-state index contributed by atoms with van der Waals surface area (Å²) in [6, 6.07) is 6.27. The highest BCUT2D eigenvalue weighted by atomic mass is 16.5. The fraction of sp³-hybridized carbons (Fsp3) is 0.550. The number of ether oxygens (including phenoxy) is 2. The van der Waals surface area contributed by atoms with Crippen LogP contribution in [0.4, 0.5) is 0 Å². The molecule has 1 atom stereocenters. The minimum atomic E-state index is 0.474. The Hall–Kier alpha value is -2.61. The van der Waals surface area contributed by atoms with Crippen LogP contribution in [0.5, 0.6) is 5.75 Å². The normalized spacial score (nSPS) is 17.0. The van der Waals surface area contributed by atoms with Crippen molar-refractivity contribution >= 4 is 5.96 Å². The summed E-state index contributed by atoms with van der Waals surface area (Å²) in [5, 5.41) is 14.6. The fourth-order valence-electron chi connectivity index (χ4n) is 2.99. The summed E-state index contributed by atoms with van der Waals surface area (Å²) in [6.07, 6.45) is 2.75. The Morgan fingerprint density at radius 1 is 1.39 bits per heavy atom. The average molecular weight is 387 g/mol. The predicted octanol–water partition coefficient (Wildman–Crippen LogP) is 1.79. The van der Waals surface area contributed by atoms with Gasteiger partial charge in [-0.15, -0.1) is 10.2 Å². The van der Waals surface area contributed by atoms with Crippen molar-refractivity contribution in [3.63, 3.8) is 0 Å². The molecular weight excluding hydrogens is 356 g/mol. The Labute approximate surface area is 166 Å². The van der Waals surface area contributed by atoms with Crippen LogP contribution >= 0.6 is 0 Å². The third kappa shape index (κ3) is 5.69. The fourth-order valence-corrected chi connectivity index (χ4v) is 2.99. The van der Waals surface area contributed by atoms with Crippen molar-refractivity contribution in [3.05, 3.63) is 41.5 Å². The highest BCUT2D eigenvalue weighted by Crippen LogP contribution is 2.23. The van der Waals surface area contributed by atoms with E-state index in [1.54, 1.807) is 6.33 Å². The Bertz CT molecular complexity index is 783. The number of nitrogens with one attached hydrogen (secondary N) is 2. The molecule has 1 fully saturated rings. The van der Waals surface area contributed by atoms with Gasteiger partial charge in [0.15, 0.2) is 11.8 Å². The van der Waals surface area contributed by atoms with Crippen LogP contribution in [0.2, 0.25) is 0 Å². The highest BCUT2D eigenvalue weighted by molar-refractivity contribution is 5.79. The molecule has 0 spiro atoms. The van der Waals surface area contributed by atoms with E-state index in [1.807, 2.05) is 18.5 Å². The summed E-state index contributed by atoms with van der Waals surface area (Å²) in [6.45, 7) is 8.30. The third-order valence-electron chi connectivity index (χ3n) is 4.69. The second-order valence-corrected chi connectivity index (χ2v) is 7.06. The molecule has 28 heavy (non-hydrogen) atoms. The maximum absolute atomic E-state index is 6.12. The van der Waals surface area contributed by atoms with Gasteiger partial charge in [-0.2, -0.15) is 0 Å². The van der Waals surface area contributed by atoms with E-state index in [1.165, 1.54) is 5.56 Å². The second-order valence-electron chi connectivity index (χ2n) is 7.06. The monoisotopic (exact) mass is 386 g/mol. The van der Waals surface area contributed by atoms with Gasteiger partial charge in [0.2, 0.25) is 0 Å².